The average molecular weight is 438 g/mol. The summed E-state index contributed by atoms with van der Waals surface area (Å²) in [6.45, 7) is 7.69. The maximum absolute atomic E-state index is 12.4. The van der Waals surface area contributed by atoms with Crippen molar-refractivity contribution in [1.82, 2.24) is 0 Å². The van der Waals surface area contributed by atoms with Gasteiger partial charge in [-0.25, -0.2) is 13.2 Å². The number of rotatable bonds is 5. The first-order valence-electron chi connectivity index (χ1n) is 8.91. The smallest absolute Gasteiger partial charge is 0.340 e. The minimum Gasteiger partial charge on any atom is -0.449 e. The van der Waals surface area contributed by atoms with Crippen LogP contribution in [-0.2, 0) is 24.8 Å². The van der Waals surface area contributed by atoms with Crippen molar-refractivity contribution >= 4 is 39.0 Å². The van der Waals surface area contributed by atoms with Crippen LogP contribution in [-0.4, -0.2) is 32.7 Å². The molecule has 6 nitrogen and oxygen atoms in total. The fourth-order valence-corrected chi connectivity index (χ4v) is 3.31. The van der Waals surface area contributed by atoms with E-state index in [9.17, 15) is 18.0 Å². The van der Waals surface area contributed by atoms with Crippen molar-refractivity contribution in [2.75, 3.05) is 11.6 Å². The lowest BCUT2D eigenvalue weighted by Gasteiger charge is -2.19. The number of halogens is 1. The third kappa shape index (κ3) is 6.05. The molecule has 0 radical (unpaired) electrons. The first-order valence-corrected chi connectivity index (χ1v) is 11.2. The van der Waals surface area contributed by atoms with Crippen LogP contribution in [0.2, 0.25) is 5.02 Å². The van der Waals surface area contributed by atoms with Crippen LogP contribution in [0.3, 0.4) is 0 Å². The molecule has 0 fully saturated rings. The van der Waals surface area contributed by atoms with E-state index in [0.29, 0.717) is 5.69 Å². The Morgan fingerprint density at radius 3 is 2.17 bits per heavy atom. The van der Waals surface area contributed by atoms with E-state index in [2.05, 4.69) is 26.1 Å². The highest BCUT2D eigenvalue weighted by molar-refractivity contribution is 7.90. The molecule has 1 amide bonds. The number of sulfone groups is 1. The lowest BCUT2D eigenvalue weighted by molar-refractivity contribution is -0.123. The van der Waals surface area contributed by atoms with E-state index < -0.39 is 27.8 Å². The number of amides is 1. The average Bonchev–Trinajstić information content (AvgIpc) is 2.60. The zero-order valence-corrected chi connectivity index (χ0v) is 18.5. The highest BCUT2D eigenvalue weighted by atomic mass is 35.5. The maximum Gasteiger partial charge on any atom is 0.340 e. The summed E-state index contributed by atoms with van der Waals surface area (Å²) in [6.07, 6.45) is -0.0884. The fourth-order valence-electron chi connectivity index (χ4n) is 2.47. The minimum atomic E-state index is -3.52. The molecular formula is C21H24ClNO5S. The molecule has 1 unspecified atom stereocenters. The topological polar surface area (TPSA) is 89.5 Å². The number of carbonyl (C=O) groups excluding carboxylic acids is 2. The van der Waals surface area contributed by atoms with Crippen molar-refractivity contribution in [3.63, 3.8) is 0 Å². The predicted octanol–water partition coefficient (Wildman–Crippen LogP) is 4.23. The van der Waals surface area contributed by atoms with E-state index in [1.54, 1.807) is 12.1 Å². The first kappa shape index (κ1) is 22.9. The normalized spacial score (nSPS) is 12.9. The Bertz CT molecular complexity index is 1020. The number of hydrogen-bond donors (Lipinski definition) is 1. The lowest BCUT2D eigenvalue weighted by Crippen LogP contribution is -2.30. The van der Waals surface area contributed by atoms with Crippen molar-refractivity contribution in [2.24, 2.45) is 0 Å². The zero-order chi connectivity index (χ0) is 22.0. The second kappa shape index (κ2) is 8.55. The van der Waals surface area contributed by atoms with Crippen LogP contribution >= 0.6 is 11.6 Å². The Labute approximate surface area is 176 Å². The van der Waals surface area contributed by atoms with Crippen molar-refractivity contribution in [1.29, 1.82) is 0 Å². The molecule has 8 heteroatoms. The third-order valence-electron chi connectivity index (χ3n) is 4.26. The quantitative estimate of drug-likeness (QED) is 0.707. The molecule has 0 aliphatic carbocycles. The van der Waals surface area contributed by atoms with Gasteiger partial charge < -0.3 is 10.1 Å². The van der Waals surface area contributed by atoms with Gasteiger partial charge >= 0.3 is 5.97 Å². The monoisotopic (exact) mass is 437 g/mol. The maximum atomic E-state index is 12.4. The fraction of sp³-hybridized carbons (Fsp3) is 0.333. The summed E-state index contributed by atoms with van der Waals surface area (Å²) in [7, 11) is -3.52. The molecule has 1 atom stereocenters. The molecule has 0 saturated heterocycles. The highest BCUT2D eigenvalue weighted by Gasteiger charge is 2.22. The van der Waals surface area contributed by atoms with E-state index >= 15 is 0 Å². The Kier molecular flexibility index (Phi) is 6.75. The number of anilines is 1. The second-order valence-electron chi connectivity index (χ2n) is 7.78. The molecule has 2 aromatic rings. The van der Waals surface area contributed by atoms with E-state index in [1.165, 1.54) is 19.1 Å². The van der Waals surface area contributed by atoms with E-state index in [4.69, 9.17) is 16.3 Å². The van der Waals surface area contributed by atoms with Gasteiger partial charge in [-0.3, -0.25) is 4.79 Å². The van der Waals surface area contributed by atoms with Crippen LogP contribution in [0.15, 0.2) is 47.4 Å². The van der Waals surface area contributed by atoms with Gasteiger partial charge in [0.1, 0.15) is 0 Å². The van der Waals surface area contributed by atoms with Crippen molar-refractivity contribution < 1.29 is 22.7 Å². The molecule has 0 saturated carbocycles. The van der Waals surface area contributed by atoms with Gasteiger partial charge in [0.25, 0.3) is 5.91 Å². The largest absolute Gasteiger partial charge is 0.449 e. The van der Waals surface area contributed by atoms with Crippen molar-refractivity contribution in [2.45, 2.75) is 44.1 Å². The molecule has 29 heavy (non-hydrogen) atoms. The van der Waals surface area contributed by atoms with Crippen molar-refractivity contribution in [3.05, 3.63) is 58.6 Å². The van der Waals surface area contributed by atoms with Crippen LogP contribution in [0, 0.1) is 0 Å². The zero-order valence-electron chi connectivity index (χ0n) is 16.9. The molecular weight excluding hydrogens is 414 g/mol. The summed E-state index contributed by atoms with van der Waals surface area (Å²) < 4.78 is 28.5. The molecule has 0 heterocycles. The number of carbonyl (C=O) groups is 2. The molecule has 0 aliphatic heterocycles. The molecule has 2 rings (SSSR count). The number of hydrogen-bond acceptors (Lipinski definition) is 5. The van der Waals surface area contributed by atoms with Crippen LogP contribution in [0.25, 0.3) is 0 Å². The predicted molar refractivity (Wildman–Crippen MR) is 113 cm³/mol. The highest BCUT2D eigenvalue weighted by Crippen LogP contribution is 2.24. The van der Waals surface area contributed by atoms with Gasteiger partial charge in [-0.1, -0.05) is 44.5 Å². The molecule has 0 aliphatic rings. The summed E-state index contributed by atoms with van der Waals surface area (Å²) in [4.78, 5) is 24.7. The molecule has 1 N–H and O–H groups in total. The van der Waals surface area contributed by atoms with Gasteiger partial charge in [-0.15, -0.1) is 0 Å². The Morgan fingerprint density at radius 1 is 1.07 bits per heavy atom. The molecule has 0 spiro atoms. The minimum absolute atomic E-state index is 0.00879. The molecule has 0 bridgehead atoms. The Balaban J connectivity index is 2.09. The van der Waals surface area contributed by atoms with E-state index in [-0.39, 0.29) is 20.9 Å². The van der Waals surface area contributed by atoms with Gasteiger partial charge in [0.15, 0.2) is 15.9 Å². The Hall–Kier alpha value is -2.38. The van der Waals surface area contributed by atoms with Crippen LogP contribution < -0.4 is 5.32 Å². The van der Waals surface area contributed by atoms with Gasteiger partial charge in [-0.2, -0.15) is 0 Å². The standard InChI is InChI=1S/C21H24ClNO5S/c1-13(19(24)23-15-8-6-14(7-9-15)21(2,3)4)28-20(25)17-12-16(29(5,26)27)10-11-18(17)22/h6-13H,1-5H3,(H,23,24). The van der Waals surface area contributed by atoms with Crippen molar-refractivity contribution in [3.8, 4) is 0 Å². The second-order valence-corrected chi connectivity index (χ2v) is 10.2. The summed E-state index contributed by atoms with van der Waals surface area (Å²) in [6, 6.07) is 11.1. The SMILES string of the molecule is CC(OC(=O)c1cc(S(C)(=O)=O)ccc1Cl)C(=O)Nc1ccc(C(C)(C)C)cc1. The summed E-state index contributed by atoms with van der Waals surface area (Å²) in [5, 5.41) is 2.72. The number of nitrogens with one attached hydrogen (secondary N) is 1. The third-order valence-corrected chi connectivity index (χ3v) is 5.70. The van der Waals surface area contributed by atoms with Crippen LogP contribution in [0.1, 0.15) is 43.6 Å². The summed E-state index contributed by atoms with van der Waals surface area (Å²) >= 11 is 5.99. The number of ether oxygens (including phenoxy) is 1. The molecule has 0 aromatic heterocycles. The number of esters is 1. The molecule has 2 aromatic carbocycles. The van der Waals surface area contributed by atoms with Gasteiger partial charge in [-0.05, 0) is 48.2 Å². The molecule has 156 valence electrons. The van der Waals surface area contributed by atoms with E-state index in [0.717, 1.165) is 17.9 Å². The van der Waals surface area contributed by atoms with Gasteiger partial charge in [0, 0.05) is 11.9 Å². The van der Waals surface area contributed by atoms with Gasteiger partial charge in [0.05, 0.1) is 15.5 Å². The van der Waals surface area contributed by atoms with E-state index in [1.807, 2.05) is 12.1 Å². The summed E-state index contributed by atoms with van der Waals surface area (Å²) in [5.41, 5.74) is 1.56. The Morgan fingerprint density at radius 2 is 1.66 bits per heavy atom. The van der Waals surface area contributed by atoms with Crippen LogP contribution in [0.5, 0.6) is 0 Å². The lowest BCUT2D eigenvalue weighted by atomic mass is 9.87. The van der Waals surface area contributed by atoms with Crippen LogP contribution in [0.4, 0.5) is 5.69 Å². The first-order chi connectivity index (χ1) is 13.3. The number of benzene rings is 2. The van der Waals surface area contributed by atoms with Gasteiger partial charge in [0.2, 0.25) is 0 Å². The summed E-state index contributed by atoms with van der Waals surface area (Å²) in [5.74, 6) is -1.40.